The van der Waals surface area contributed by atoms with E-state index in [1.165, 1.54) is 6.92 Å². The van der Waals surface area contributed by atoms with Crippen molar-refractivity contribution in [2.45, 2.75) is 26.8 Å². The molecule has 0 bridgehead atoms. The number of carbonyl (C=O) groups is 2. The van der Waals surface area contributed by atoms with E-state index in [2.05, 4.69) is 17.1 Å². The van der Waals surface area contributed by atoms with Gasteiger partial charge in [-0.05, 0) is 41.3 Å². The Balaban J connectivity index is 2.27. The summed E-state index contributed by atoms with van der Waals surface area (Å²) >= 11 is 0. The molecule has 0 fully saturated rings. The fourth-order valence-electron chi connectivity index (χ4n) is 3.44. The van der Waals surface area contributed by atoms with Gasteiger partial charge in [-0.3, -0.25) is 9.69 Å². The van der Waals surface area contributed by atoms with Crippen molar-refractivity contribution in [3.63, 3.8) is 0 Å². The first-order chi connectivity index (χ1) is 12.0. The van der Waals surface area contributed by atoms with Gasteiger partial charge in [-0.25, -0.2) is 4.79 Å². The van der Waals surface area contributed by atoms with Crippen molar-refractivity contribution in [1.82, 2.24) is 4.90 Å². The van der Waals surface area contributed by atoms with Crippen LogP contribution in [0.5, 0.6) is 0 Å². The second-order valence-electron chi connectivity index (χ2n) is 6.27. The molecule has 2 N–H and O–H groups in total. The Morgan fingerprint density at radius 2 is 1.92 bits per heavy atom. The first kappa shape index (κ1) is 17.2. The lowest BCUT2D eigenvalue weighted by molar-refractivity contribution is -0.114. The van der Waals surface area contributed by atoms with E-state index in [9.17, 15) is 14.7 Å². The van der Waals surface area contributed by atoms with Crippen LogP contribution in [0.15, 0.2) is 36.4 Å². The number of nitrogens with zero attached hydrogens (tertiary/aromatic N) is 1. The molecule has 0 saturated heterocycles. The SMILES string of the molecule is CCN1CCc2c(-c3ccccc3)cc(C(=O)O)c(NC(C)=O)c2C1. The largest absolute Gasteiger partial charge is 0.478 e. The molecule has 0 atom stereocenters. The summed E-state index contributed by atoms with van der Waals surface area (Å²) in [4.78, 5) is 25.8. The molecular formula is C20H22N2O3. The molecule has 3 rings (SSSR count). The van der Waals surface area contributed by atoms with E-state index >= 15 is 0 Å². The van der Waals surface area contributed by atoms with Gasteiger partial charge in [0.2, 0.25) is 5.91 Å². The number of carbonyl (C=O) groups excluding carboxylic acids is 1. The van der Waals surface area contributed by atoms with Crippen LogP contribution in [0.2, 0.25) is 0 Å². The molecule has 25 heavy (non-hydrogen) atoms. The van der Waals surface area contributed by atoms with Gasteiger partial charge in [0.1, 0.15) is 0 Å². The number of carboxylic acids is 1. The molecule has 0 aromatic heterocycles. The summed E-state index contributed by atoms with van der Waals surface area (Å²) in [5.74, 6) is -1.29. The average Bonchev–Trinajstić information content (AvgIpc) is 2.61. The first-order valence-electron chi connectivity index (χ1n) is 8.48. The van der Waals surface area contributed by atoms with Gasteiger partial charge in [0.05, 0.1) is 11.3 Å². The predicted molar refractivity (Wildman–Crippen MR) is 97.8 cm³/mol. The molecule has 5 heteroatoms. The molecule has 1 amide bonds. The molecule has 1 aliphatic heterocycles. The number of carboxylic acid groups (broad SMARTS) is 1. The lowest BCUT2D eigenvalue weighted by atomic mass is 9.87. The molecule has 5 nitrogen and oxygen atoms in total. The van der Waals surface area contributed by atoms with E-state index in [1.54, 1.807) is 6.07 Å². The maximum atomic E-state index is 11.9. The van der Waals surface area contributed by atoms with Crippen molar-refractivity contribution < 1.29 is 14.7 Å². The first-order valence-corrected chi connectivity index (χ1v) is 8.48. The Bertz CT molecular complexity index is 815. The minimum Gasteiger partial charge on any atom is -0.478 e. The maximum absolute atomic E-state index is 11.9. The predicted octanol–water partition coefficient (Wildman–Crippen LogP) is 3.39. The summed E-state index contributed by atoms with van der Waals surface area (Å²) in [6.07, 6.45) is 0.833. The van der Waals surface area contributed by atoms with Gasteiger partial charge >= 0.3 is 5.97 Å². The van der Waals surface area contributed by atoms with Crippen molar-refractivity contribution in [3.8, 4) is 11.1 Å². The number of aromatic carboxylic acids is 1. The van der Waals surface area contributed by atoms with Crippen LogP contribution in [0.1, 0.15) is 35.3 Å². The normalized spacial score (nSPS) is 14.0. The third-order valence-electron chi connectivity index (χ3n) is 4.67. The van der Waals surface area contributed by atoms with E-state index in [-0.39, 0.29) is 11.5 Å². The third kappa shape index (κ3) is 3.42. The average molecular weight is 338 g/mol. The molecule has 0 aliphatic carbocycles. The number of hydrogen-bond acceptors (Lipinski definition) is 3. The molecule has 1 aliphatic rings. The molecule has 1 heterocycles. The number of rotatable bonds is 4. The Hall–Kier alpha value is -2.66. The smallest absolute Gasteiger partial charge is 0.337 e. The van der Waals surface area contributed by atoms with Crippen LogP contribution in [-0.4, -0.2) is 35.0 Å². The lowest BCUT2D eigenvalue weighted by Gasteiger charge is -2.31. The van der Waals surface area contributed by atoms with Gasteiger partial charge in [-0.1, -0.05) is 37.3 Å². The van der Waals surface area contributed by atoms with E-state index in [0.29, 0.717) is 12.2 Å². The highest BCUT2D eigenvalue weighted by Gasteiger charge is 2.26. The number of hydrogen-bond donors (Lipinski definition) is 2. The number of amides is 1. The van der Waals surface area contributed by atoms with Gasteiger partial charge in [-0.15, -0.1) is 0 Å². The second-order valence-corrected chi connectivity index (χ2v) is 6.27. The fourth-order valence-corrected chi connectivity index (χ4v) is 3.44. The number of fused-ring (bicyclic) bond motifs is 1. The van der Waals surface area contributed by atoms with Crippen molar-refractivity contribution in [2.24, 2.45) is 0 Å². The van der Waals surface area contributed by atoms with Crippen LogP contribution >= 0.6 is 0 Å². The third-order valence-corrected chi connectivity index (χ3v) is 4.67. The van der Waals surface area contributed by atoms with Crippen LogP contribution in [-0.2, 0) is 17.8 Å². The number of benzene rings is 2. The van der Waals surface area contributed by atoms with Crippen LogP contribution < -0.4 is 5.32 Å². The Labute approximate surface area is 147 Å². The molecule has 2 aromatic rings. The molecular weight excluding hydrogens is 316 g/mol. The van der Waals surface area contributed by atoms with Crippen LogP contribution in [0.3, 0.4) is 0 Å². The van der Waals surface area contributed by atoms with Crippen LogP contribution in [0.25, 0.3) is 11.1 Å². The van der Waals surface area contributed by atoms with Crippen molar-refractivity contribution >= 4 is 17.6 Å². The molecule has 0 saturated carbocycles. The minimum atomic E-state index is -1.03. The van der Waals surface area contributed by atoms with Gasteiger partial charge < -0.3 is 10.4 Å². The summed E-state index contributed by atoms with van der Waals surface area (Å²) in [6, 6.07) is 11.5. The molecule has 0 unspecified atom stereocenters. The van der Waals surface area contributed by atoms with Gasteiger partial charge in [0.25, 0.3) is 0 Å². The second kappa shape index (κ2) is 7.07. The van der Waals surface area contributed by atoms with E-state index < -0.39 is 5.97 Å². The van der Waals surface area contributed by atoms with E-state index in [0.717, 1.165) is 41.8 Å². The molecule has 130 valence electrons. The highest BCUT2D eigenvalue weighted by Crippen LogP contribution is 2.37. The quantitative estimate of drug-likeness (QED) is 0.896. The minimum absolute atomic E-state index is 0.144. The summed E-state index contributed by atoms with van der Waals surface area (Å²) in [7, 11) is 0. The molecule has 2 aromatic carbocycles. The topological polar surface area (TPSA) is 69.6 Å². The van der Waals surface area contributed by atoms with Crippen LogP contribution in [0.4, 0.5) is 5.69 Å². The molecule has 0 radical (unpaired) electrons. The molecule has 0 spiro atoms. The number of anilines is 1. The zero-order chi connectivity index (χ0) is 18.0. The van der Waals surface area contributed by atoms with E-state index in [4.69, 9.17) is 0 Å². The highest BCUT2D eigenvalue weighted by atomic mass is 16.4. The Morgan fingerprint density at radius 3 is 2.52 bits per heavy atom. The summed E-state index contributed by atoms with van der Waals surface area (Å²) in [6.45, 7) is 5.94. The monoisotopic (exact) mass is 338 g/mol. The maximum Gasteiger partial charge on any atom is 0.337 e. The standard InChI is InChI=1S/C20H22N2O3/c1-3-22-10-9-15-16(14-7-5-4-6-8-14)11-17(20(24)25)19(18(15)12-22)21-13(2)23/h4-8,11H,3,9-10,12H2,1-2H3,(H,21,23)(H,24,25). The number of nitrogens with one attached hydrogen (secondary N) is 1. The van der Waals surface area contributed by atoms with Crippen molar-refractivity contribution in [3.05, 3.63) is 53.1 Å². The highest BCUT2D eigenvalue weighted by molar-refractivity contribution is 6.03. The zero-order valence-electron chi connectivity index (χ0n) is 14.5. The Morgan fingerprint density at radius 1 is 1.20 bits per heavy atom. The van der Waals surface area contributed by atoms with Crippen LogP contribution in [0, 0.1) is 0 Å². The van der Waals surface area contributed by atoms with Gasteiger partial charge in [0.15, 0.2) is 0 Å². The fraction of sp³-hybridized carbons (Fsp3) is 0.300. The summed E-state index contributed by atoms with van der Waals surface area (Å²) < 4.78 is 0. The van der Waals surface area contributed by atoms with E-state index in [1.807, 2.05) is 30.3 Å². The zero-order valence-corrected chi connectivity index (χ0v) is 14.5. The Kier molecular flexibility index (Phi) is 4.86. The number of likely N-dealkylation sites (N-methyl/N-ethyl adjacent to an activating group) is 1. The summed E-state index contributed by atoms with van der Waals surface area (Å²) in [5, 5.41) is 12.5. The van der Waals surface area contributed by atoms with Gasteiger partial charge in [-0.2, -0.15) is 0 Å². The summed E-state index contributed by atoms with van der Waals surface area (Å²) in [5.41, 5.74) is 4.57. The lowest BCUT2D eigenvalue weighted by Crippen LogP contribution is -2.32. The van der Waals surface area contributed by atoms with Gasteiger partial charge in [0, 0.05) is 20.0 Å². The van der Waals surface area contributed by atoms with Crippen molar-refractivity contribution in [2.75, 3.05) is 18.4 Å². The van der Waals surface area contributed by atoms with Crippen molar-refractivity contribution in [1.29, 1.82) is 0 Å².